The summed E-state index contributed by atoms with van der Waals surface area (Å²) in [5.74, 6) is -0.362. The molecule has 0 aliphatic rings. The van der Waals surface area contributed by atoms with Gasteiger partial charge in [-0.1, -0.05) is 36.8 Å². The monoisotopic (exact) mass is 309 g/mol. The zero-order valence-electron chi connectivity index (χ0n) is 12.1. The van der Waals surface area contributed by atoms with Gasteiger partial charge in [-0.3, -0.25) is 9.59 Å². The van der Waals surface area contributed by atoms with Crippen molar-refractivity contribution in [1.29, 1.82) is 0 Å². The van der Waals surface area contributed by atoms with E-state index in [9.17, 15) is 9.59 Å². The number of rotatable bonds is 10. The summed E-state index contributed by atoms with van der Waals surface area (Å²) in [5, 5.41) is 11.4. The largest absolute Gasteiger partial charge is 0.481 e. The molecule has 0 aliphatic carbocycles. The molecule has 5 heteroatoms. The third-order valence-electron chi connectivity index (χ3n) is 3.28. The van der Waals surface area contributed by atoms with Gasteiger partial charge < -0.3 is 10.4 Å². The summed E-state index contributed by atoms with van der Waals surface area (Å²) in [6.07, 6.45) is 3.17. The first kappa shape index (κ1) is 17.6. The maximum Gasteiger partial charge on any atom is 0.303 e. The van der Waals surface area contributed by atoms with E-state index in [0.29, 0.717) is 25.1 Å². The number of benzene rings is 1. The molecule has 0 fully saturated rings. The van der Waals surface area contributed by atoms with Crippen LogP contribution in [0.25, 0.3) is 0 Å². The van der Waals surface area contributed by atoms with Crippen LogP contribution in [0, 0.1) is 5.92 Å². The molecule has 1 aromatic carbocycles. The van der Waals surface area contributed by atoms with Crippen LogP contribution in [0.15, 0.2) is 30.3 Å². The van der Waals surface area contributed by atoms with Crippen LogP contribution in [-0.2, 0) is 16.0 Å². The summed E-state index contributed by atoms with van der Waals surface area (Å²) in [7, 11) is 0. The molecule has 0 saturated heterocycles. The number of hydrogen-bond acceptors (Lipinski definition) is 3. The Kier molecular flexibility index (Phi) is 8.59. The number of carbonyl (C=O) groups excluding carboxylic acids is 1. The van der Waals surface area contributed by atoms with Crippen molar-refractivity contribution in [2.45, 2.75) is 32.1 Å². The second kappa shape index (κ2) is 10.3. The maximum absolute atomic E-state index is 12.1. The fourth-order valence-electron chi connectivity index (χ4n) is 2.07. The zero-order chi connectivity index (χ0) is 15.5. The lowest BCUT2D eigenvalue weighted by molar-refractivity contribution is -0.137. The van der Waals surface area contributed by atoms with E-state index in [4.69, 9.17) is 5.11 Å². The van der Waals surface area contributed by atoms with Crippen molar-refractivity contribution in [2.24, 2.45) is 5.92 Å². The van der Waals surface area contributed by atoms with E-state index in [-0.39, 0.29) is 18.2 Å². The molecule has 1 unspecified atom stereocenters. The SMILES string of the molecule is O=C(O)CCCCCNC(=O)C(CS)Cc1ccccc1. The number of unbranched alkanes of at least 4 members (excludes halogenated alkanes) is 2. The van der Waals surface area contributed by atoms with Crippen molar-refractivity contribution in [3.8, 4) is 0 Å². The molecule has 116 valence electrons. The highest BCUT2D eigenvalue weighted by atomic mass is 32.1. The van der Waals surface area contributed by atoms with Gasteiger partial charge in [0, 0.05) is 18.7 Å². The Labute approximate surface area is 131 Å². The molecule has 1 atom stereocenters. The van der Waals surface area contributed by atoms with E-state index < -0.39 is 5.97 Å². The zero-order valence-corrected chi connectivity index (χ0v) is 13.0. The van der Waals surface area contributed by atoms with E-state index in [2.05, 4.69) is 17.9 Å². The minimum absolute atomic E-state index is 0.0205. The minimum atomic E-state index is -0.767. The van der Waals surface area contributed by atoms with E-state index in [1.807, 2.05) is 30.3 Å². The third-order valence-corrected chi connectivity index (χ3v) is 3.72. The molecule has 1 aromatic rings. The lowest BCUT2D eigenvalue weighted by Gasteiger charge is -2.14. The molecule has 4 nitrogen and oxygen atoms in total. The standard InChI is InChI=1S/C16H23NO3S/c18-15(19)9-5-2-6-10-17-16(20)14(12-21)11-13-7-3-1-4-8-13/h1,3-4,7-8,14,21H,2,5-6,9-12H2,(H,17,20)(H,18,19). The van der Waals surface area contributed by atoms with Crippen LogP contribution in [0.3, 0.4) is 0 Å². The molecule has 0 bridgehead atoms. The molecule has 1 amide bonds. The molecule has 0 saturated carbocycles. The lowest BCUT2D eigenvalue weighted by Crippen LogP contribution is -2.33. The van der Waals surface area contributed by atoms with Crippen molar-refractivity contribution in [3.05, 3.63) is 35.9 Å². The van der Waals surface area contributed by atoms with Gasteiger partial charge in [-0.25, -0.2) is 0 Å². The van der Waals surface area contributed by atoms with Gasteiger partial charge in [0.1, 0.15) is 0 Å². The Morgan fingerprint density at radius 3 is 2.48 bits per heavy atom. The predicted octanol–water partition coefficient (Wildman–Crippen LogP) is 2.54. The molecule has 0 heterocycles. The average Bonchev–Trinajstić information content (AvgIpc) is 2.48. The van der Waals surface area contributed by atoms with Crippen LogP contribution < -0.4 is 5.32 Å². The first-order valence-electron chi connectivity index (χ1n) is 7.27. The van der Waals surface area contributed by atoms with Crippen LogP contribution in [0.5, 0.6) is 0 Å². The Balaban J connectivity index is 2.24. The fraction of sp³-hybridized carbons (Fsp3) is 0.500. The Hall–Kier alpha value is -1.49. The van der Waals surface area contributed by atoms with E-state index in [1.54, 1.807) is 0 Å². The summed E-state index contributed by atoms with van der Waals surface area (Å²) in [4.78, 5) is 22.4. The van der Waals surface area contributed by atoms with Crippen LogP contribution in [0.4, 0.5) is 0 Å². The molecular formula is C16H23NO3S. The van der Waals surface area contributed by atoms with Crippen LogP contribution >= 0.6 is 12.6 Å². The molecular weight excluding hydrogens is 286 g/mol. The second-order valence-electron chi connectivity index (χ2n) is 5.06. The summed E-state index contributed by atoms with van der Waals surface area (Å²) in [5.41, 5.74) is 1.13. The minimum Gasteiger partial charge on any atom is -0.481 e. The van der Waals surface area contributed by atoms with Crippen LogP contribution in [0.2, 0.25) is 0 Å². The Morgan fingerprint density at radius 2 is 1.86 bits per heavy atom. The summed E-state index contributed by atoms with van der Waals surface area (Å²) in [6.45, 7) is 0.595. The van der Waals surface area contributed by atoms with E-state index >= 15 is 0 Å². The molecule has 0 radical (unpaired) electrons. The molecule has 1 rings (SSSR count). The molecule has 21 heavy (non-hydrogen) atoms. The van der Waals surface area contributed by atoms with Gasteiger partial charge in [0.25, 0.3) is 0 Å². The average molecular weight is 309 g/mol. The topological polar surface area (TPSA) is 66.4 Å². The van der Waals surface area contributed by atoms with Gasteiger partial charge in [0.2, 0.25) is 5.91 Å². The predicted molar refractivity (Wildman–Crippen MR) is 86.6 cm³/mol. The molecule has 0 aliphatic heterocycles. The number of carbonyl (C=O) groups is 2. The first-order valence-corrected chi connectivity index (χ1v) is 7.91. The smallest absolute Gasteiger partial charge is 0.303 e. The quantitative estimate of drug-likeness (QED) is 0.459. The maximum atomic E-state index is 12.1. The summed E-state index contributed by atoms with van der Waals surface area (Å²) >= 11 is 4.26. The van der Waals surface area contributed by atoms with Gasteiger partial charge in [0.05, 0.1) is 5.92 Å². The lowest BCUT2D eigenvalue weighted by atomic mass is 10.00. The Bertz CT molecular complexity index is 436. The summed E-state index contributed by atoms with van der Waals surface area (Å²) in [6, 6.07) is 9.90. The van der Waals surface area contributed by atoms with Gasteiger partial charge in [-0.05, 0) is 24.8 Å². The van der Waals surface area contributed by atoms with Gasteiger partial charge in [0.15, 0.2) is 0 Å². The van der Waals surface area contributed by atoms with E-state index in [0.717, 1.165) is 18.4 Å². The van der Waals surface area contributed by atoms with Gasteiger partial charge in [-0.2, -0.15) is 12.6 Å². The molecule has 0 spiro atoms. The van der Waals surface area contributed by atoms with Crippen molar-refractivity contribution in [2.75, 3.05) is 12.3 Å². The van der Waals surface area contributed by atoms with Crippen LogP contribution in [-0.4, -0.2) is 29.3 Å². The number of carboxylic acids is 1. The fourth-order valence-corrected chi connectivity index (χ4v) is 2.37. The second-order valence-corrected chi connectivity index (χ2v) is 5.43. The number of aliphatic carboxylic acids is 1. The van der Waals surface area contributed by atoms with Gasteiger partial charge in [-0.15, -0.1) is 0 Å². The first-order chi connectivity index (χ1) is 10.1. The Morgan fingerprint density at radius 1 is 1.14 bits per heavy atom. The number of amides is 1. The number of hydrogen-bond donors (Lipinski definition) is 3. The highest BCUT2D eigenvalue weighted by Gasteiger charge is 2.16. The van der Waals surface area contributed by atoms with E-state index in [1.165, 1.54) is 0 Å². The van der Waals surface area contributed by atoms with Crippen molar-refractivity contribution >= 4 is 24.5 Å². The molecule has 2 N–H and O–H groups in total. The highest BCUT2D eigenvalue weighted by Crippen LogP contribution is 2.10. The van der Waals surface area contributed by atoms with Crippen molar-refractivity contribution in [3.63, 3.8) is 0 Å². The number of thiol groups is 1. The molecule has 0 aromatic heterocycles. The van der Waals surface area contributed by atoms with Crippen molar-refractivity contribution in [1.82, 2.24) is 5.32 Å². The normalized spacial score (nSPS) is 11.9. The van der Waals surface area contributed by atoms with Gasteiger partial charge >= 0.3 is 5.97 Å². The number of nitrogens with one attached hydrogen (secondary N) is 1. The third kappa shape index (κ3) is 7.75. The number of carboxylic acid groups (broad SMARTS) is 1. The van der Waals surface area contributed by atoms with Crippen LogP contribution in [0.1, 0.15) is 31.2 Å². The highest BCUT2D eigenvalue weighted by molar-refractivity contribution is 7.80. The van der Waals surface area contributed by atoms with Crippen molar-refractivity contribution < 1.29 is 14.7 Å². The summed E-state index contributed by atoms with van der Waals surface area (Å²) < 4.78 is 0.